The van der Waals surface area contributed by atoms with E-state index in [0.717, 1.165) is 37.0 Å². The third-order valence-electron chi connectivity index (χ3n) is 6.06. The van der Waals surface area contributed by atoms with Crippen LogP contribution in [0.15, 0.2) is 24.3 Å². The van der Waals surface area contributed by atoms with Gasteiger partial charge in [-0.2, -0.15) is 13.2 Å². The van der Waals surface area contributed by atoms with Crippen molar-refractivity contribution >= 4 is 0 Å². The van der Waals surface area contributed by atoms with Gasteiger partial charge in [-0.3, -0.25) is 0 Å². The van der Waals surface area contributed by atoms with Crippen LogP contribution in [0, 0.1) is 17.8 Å². The lowest BCUT2D eigenvalue weighted by Gasteiger charge is -2.58. The predicted molar refractivity (Wildman–Crippen MR) is 80.6 cm³/mol. The van der Waals surface area contributed by atoms with Crippen LogP contribution in [0.1, 0.15) is 43.2 Å². The Morgan fingerprint density at radius 1 is 1.04 bits per heavy atom. The van der Waals surface area contributed by atoms with Crippen molar-refractivity contribution < 1.29 is 18.3 Å². The molecule has 1 aromatic rings. The van der Waals surface area contributed by atoms with Crippen LogP contribution >= 0.6 is 0 Å². The highest BCUT2D eigenvalue weighted by atomic mass is 19.4. The smallest absolute Gasteiger partial charge is 0.390 e. The molecule has 4 fully saturated rings. The summed E-state index contributed by atoms with van der Waals surface area (Å²) in [5.41, 5.74) is -0.160. The van der Waals surface area contributed by atoms with Gasteiger partial charge in [0.05, 0.1) is 11.2 Å². The maximum Gasteiger partial charge on any atom is 0.416 e. The van der Waals surface area contributed by atoms with Crippen molar-refractivity contribution in [2.24, 2.45) is 17.8 Å². The Morgan fingerprint density at radius 2 is 1.65 bits per heavy atom. The van der Waals surface area contributed by atoms with Crippen molar-refractivity contribution in [3.05, 3.63) is 35.4 Å². The topological polar surface area (TPSA) is 32.3 Å². The van der Waals surface area contributed by atoms with Gasteiger partial charge in [-0.1, -0.05) is 12.1 Å². The molecule has 4 aliphatic rings. The summed E-state index contributed by atoms with van der Waals surface area (Å²) in [6.45, 7) is 0.596. The van der Waals surface area contributed by atoms with E-state index in [0.29, 0.717) is 30.3 Å². The standard InChI is InChI=1S/C18H22F3NO/c19-18(20,21)15-3-1-11(2-4-15)10-22-16-13-5-12-6-14(16)9-17(23,7-12)8-13/h1-4,12-14,16,22-23H,5-10H2. The molecule has 126 valence electrons. The van der Waals surface area contributed by atoms with E-state index >= 15 is 0 Å². The second kappa shape index (κ2) is 5.21. The monoisotopic (exact) mass is 325 g/mol. The summed E-state index contributed by atoms with van der Waals surface area (Å²) in [6, 6.07) is 5.81. The summed E-state index contributed by atoms with van der Waals surface area (Å²) in [6.07, 6.45) is 0.816. The molecule has 0 radical (unpaired) electrons. The van der Waals surface area contributed by atoms with E-state index < -0.39 is 17.3 Å². The van der Waals surface area contributed by atoms with Crippen LogP contribution in [-0.2, 0) is 12.7 Å². The van der Waals surface area contributed by atoms with Crippen LogP contribution in [0.25, 0.3) is 0 Å². The minimum atomic E-state index is -4.27. The van der Waals surface area contributed by atoms with E-state index in [1.165, 1.54) is 12.8 Å². The Bertz CT molecular complexity index is 567. The molecule has 0 heterocycles. The number of rotatable bonds is 3. The minimum absolute atomic E-state index is 0.397. The van der Waals surface area contributed by atoms with Crippen LogP contribution in [0.3, 0.4) is 0 Å². The van der Waals surface area contributed by atoms with E-state index in [9.17, 15) is 18.3 Å². The molecule has 2 unspecified atom stereocenters. The first-order valence-electron chi connectivity index (χ1n) is 8.44. The van der Waals surface area contributed by atoms with E-state index in [1.54, 1.807) is 12.1 Å². The second-order valence-corrected chi connectivity index (χ2v) is 7.80. The van der Waals surface area contributed by atoms with Gasteiger partial charge >= 0.3 is 6.18 Å². The third kappa shape index (κ3) is 2.89. The molecule has 2 N–H and O–H groups in total. The lowest BCUT2D eigenvalue weighted by Crippen LogP contribution is -2.60. The summed E-state index contributed by atoms with van der Waals surface area (Å²) >= 11 is 0. The predicted octanol–water partition coefficient (Wildman–Crippen LogP) is 3.73. The zero-order valence-electron chi connectivity index (χ0n) is 12.9. The average molecular weight is 325 g/mol. The van der Waals surface area contributed by atoms with Crippen LogP contribution < -0.4 is 5.32 Å². The summed E-state index contributed by atoms with van der Waals surface area (Å²) in [4.78, 5) is 0. The van der Waals surface area contributed by atoms with Gasteiger partial charge in [-0.15, -0.1) is 0 Å². The quantitative estimate of drug-likeness (QED) is 0.887. The van der Waals surface area contributed by atoms with Crippen molar-refractivity contribution in [3.63, 3.8) is 0 Å². The largest absolute Gasteiger partial charge is 0.416 e. The van der Waals surface area contributed by atoms with E-state index in [-0.39, 0.29) is 0 Å². The van der Waals surface area contributed by atoms with E-state index in [4.69, 9.17) is 0 Å². The highest BCUT2D eigenvalue weighted by Gasteiger charge is 2.54. The van der Waals surface area contributed by atoms with Crippen molar-refractivity contribution in [1.82, 2.24) is 5.32 Å². The van der Waals surface area contributed by atoms with Crippen molar-refractivity contribution in [1.29, 1.82) is 0 Å². The molecule has 0 spiro atoms. The number of nitrogens with one attached hydrogen (secondary N) is 1. The van der Waals surface area contributed by atoms with Crippen molar-refractivity contribution in [3.8, 4) is 0 Å². The zero-order chi connectivity index (χ0) is 16.2. The lowest BCUT2D eigenvalue weighted by molar-refractivity contribution is -0.138. The van der Waals surface area contributed by atoms with E-state index in [2.05, 4.69) is 5.32 Å². The molecule has 2 nitrogen and oxygen atoms in total. The summed E-state index contributed by atoms with van der Waals surface area (Å²) in [7, 11) is 0. The molecule has 0 amide bonds. The molecule has 0 saturated heterocycles. The summed E-state index contributed by atoms with van der Waals surface area (Å²) in [5, 5.41) is 14.1. The SMILES string of the molecule is OC12CC3CC(C1)C(NCc1ccc(C(F)(F)F)cc1)C(C3)C2. The molecule has 1 aromatic carbocycles. The van der Waals surface area contributed by atoms with Crippen LogP contribution in [-0.4, -0.2) is 16.7 Å². The molecule has 4 aliphatic carbocycles. The number of benzene rings is 1. The molecule has 5 heteroatoms. The number of alkyl halides is 3. The van der Waals surface area contributed by atoms with Gasteiger partial charge in [0.2, 0.25) is 0 Å². The maximum absolute atomic E-state index is 12.6. The Balaban J connectivity index is 1.40. The molecule has 2 atom stereocenters. The van der Waals surface area contributed by atoms with Crippen LogP contribution in [0.4, 0.5) is 13.2 Å². The first-order chi connectivity index (χ1) is 10.8. The fourth-order valence-electron chi connectivity index (χ4n) is 5.36. The molecule has 0 aliphatic heterocycles. The molecule has 23 heavy (non-hydrogen) atoms. The minimum Gasteiger partial charge on any atom is -0.390 e. The first kappa shape index (κ1) is 15.5. The highest BCUT2D eigenvalue weighted by molar-refractivity contribution is 5.24. The molecule has 5 rings (SSSR count). The molecule has 4 saturated carbocycles. The van der Waals surface area contributed by atoms with Gasteiger partial charge < -0.3 is 10.4 Å². The van der Waals surface area contributed by atoms with E-state index in [1.807, 2.05) is 0 Å². The number of hydrogen-bond donors (Lipinski definition) is 2. The Hall–Kier alpha value is -1.07. The Labute approximate surface area is 134 Å². The van der Waals surface area contributed by atoms with Crippen molar-refractivity contribution in [2.45, 2.75) is 56.5 Å². The van der Waals surface area contributed by atoms with Gasteiger partial charge in [-0.05, 0) is 67.6 Å². The first-order valence-corrected chi connectivity index (χ1v) is 8.44. The Morgan fingerprint density at radius 3 is 2.17 bits per heavy atom. The Kier molecular flexibility index (Phi) is 3.50. The van der Waals surface area contributed by atoms with Crippen molar-refractivity contribution in [2.75, 3.05) is 0 Å². The number of hydrogen-bond acceptors (Lipinski definition) is 2. The molecule has 0 aromatic heterocycles. The molecule has 4 bridgehead atoms. The van der Waals surface area contributed by atoms with Gasteiger partial charge in [0.1, 0.15) is 0 Å². The number of halogens is 3. The fourth-order valence-corrected chi connectivity index (χ4v) is 5.36. The van der Waals surface area contributed by atoms with Gasteiger partial charge in [0.25, 0.3) is 0 Å². The zero-order valence-corrected chi connectivity index (χ0v) is 12.9. The summed E-state index contributed by atoms with van der Waals surface area (Å²) < 4.78 is 37.8. The fraction of sp³-hybridized carbons (Fsp3) is 0.667. The maximum atomic E-state index is 12.6. The highest BCUT2D eigenvalue weighted by Crippen LogP contribution is 2.55. The van der Waals surface area contributed by atoms with Gasteiger partial charge in [-0.25, -0.2) is 0 Å². The van der Waals surface area contributed by atoms with Crippen LogP contribution in [0.5, 0.6) is 0 Å². The van der Waals surface area contributed by atoms with Gasteiger partial charge in [0.15, 0.2) is 0 Å². The third-order valence-corrected chi connectivity index (χ3v) is 6.06. The van der Waals surface area contributed by atoms with Crippen LogP contribution in [0.2, 0.25) is 0 Å². The molecular formula is C18H22F3NO. The van der Waals surface area contributed by atoms with Gasteiger partial charge in [0, 0.05) is 12.6 Å². The lowest BCUT2D eigenvalue weighted by atomic mass is 9.52. The second-order valence-electron chi connectivity index (χ2n) is 7.80. The number of aliphatic hydroxyl groups is 1. The average Bonchev–Trinajstić information content (AvgIpc) is 2.44. The summed E-state index contributed by atoms with van der Waals surface area (Å²) in [5.74, 6) is 1.70. The molecular weight excluding hydrogens is 303 g/mol. The normalized spacial score (nSPS) is 39.0.